The molecule has 0 bridgehead atoms. The number of anilines is 1. The SMILES string of the molecule is N=C(/C=C\N)C(=N)c1cc(-c2cccnc2)ncc1NC1CCCCO1. The molecule has 26 heavy (non-hydrogen) atoms. The molecule has 7 nitrogen and oxygen atoms in total. The third kappa shape index (κ3) is 4.12. The van der Waals surface area contributed by atoms with Gasteiger partial charge in [-0.3, -0.25) is 20.8 Å². The molecule has 0 saturated carbocycles. The lowest BCUT2D eigenvalue weighted by Gasteiger charge is -2.25. The van der Waals surface area contributed by atoms with E-state index >= 15 is 0 Å². The molecule has 1 unspecified atom stereocenters. The highest BCUT2D eigenvalue weighted by Gasteiger charge is 2.19. The molecular formula is C19H22N6O. The van der Waals surface area contributed by atoms with Crippen molar-refractivity contribution in [2.75, 3.05) is 11.9 Å². The van der Waals surface area contributed by atoms with Gasteiger partial charge in [-0.25, -0.2) is 0 Å². The molecule has 0 aromatic carbocycles. The highest BCUT2D eigenvalue weighted by Crippen LogP contribution is 2.25. The normalized spacial score (nSPS) is 17.2. The van der Waals surface area contributed by atoms with E-state index in [0.717, 1.165) is 31.4 Å². The van der Waals surface area contributed by atoms with Gasteiger partial charge in [-0.1, -0.05) is 0 Å². The van der Waals surface area contributed by atoms with Crippen LogP contribution in [0.5, 0.6) is 0 Å². The van der Waals surface area contributed by atoms with Gasteiger partial charge in [-0.2, -0.15) is 0 Å². The molecule has 1 atom stereocenters. The van der Waals surface area contributed by atoms with E-state index in [0.29, 0.717) is 16.9 Å². The molecule has 7 heteroatoms. The fourth-order valence-electron chi connectivity index (χ4n) is 2.80. The third-order valence-corrected chi connectivity index (χ3v) is 4.16. The summed E-state index contributed by atoms with van der Waals surface area (Å²) in [5, 5.41) is 19.8. The van der Waals surface area contributed by atoms with Crippen molar-refractivity contribution in [2.24, 2.45) is 5.73 Å². The first-order chi connectivity index (χ1) is 12.7. The summed E-state index contributed by atoms with van der Waals surface area (Å²) in [6.45, 7) is 0.720. The van der Waals surface area contributed by atoms with Gasteiger partial charge in [0.15, 0.2) is 0 Å². The van der Waals surface area contributed by atoms with E-state index in [9.17, 15) is 0 Å². The van der Waals surface area contributed by atoms with Crippen LogP contribution < -0.4 is 11.1 Å². The lowest BCUT2D eigenvalue weighted by atomic mass is 10.0. The van der Waals surface area contributed by atoms with E-state index < -0.39 is 0 Å². The second-order valence-electron chi connectivity index (χ2n) is 6.00. The summed E-state index contributed by atoms with van der Waals surface area (Å²) in [5.41, 5.74) is 8.27. The van der Waals surface area contributed by atoms with Crippen molar-refractivity contribution in [3.63, 3.8) is 0 Å². The topological polar surface area (TPSA) is 121 Å². The van der Waals surface area contributed by atoms with Crippen LogP contribution in [0.25, 0.3) is 11.3 Å². The van der Waals surface area contributed by atoms with E-state index in [-0.39, 0.29) is 17.7 Å². The minimum Gasteiger partial charge on any atom is -0.405 e. The zero-order chi connectivity index (χ0) is 18.4. The van der Waals surface area contributed by atoms with E-state index in [1.165, 1.54) is 12.3 Å². The monoisotopic (exact) mass is 350 g/mol. The molecule has 0 aliphatic carbocycles. The predicted octanol–water partition coefficient (Wildman–Crippen LogP) is 2.94. The van der Waals surface area contributed by atoms with Crippen molar-refractivity contribution in [1.82, 2.24) is 9.97 Å². The van der Waals surface area contributed by atoms with E-state index in [4.69, 9.17) is 21.3 Å². The fraction of sp³-hybridized carbons (Fsp3) is 0.263. The number of allylic oxidation sites excluding steroid dienone is 1. The van der Waals surface area contributed by atoms with Gasteiger partial charge in [0.1, 0.15) is 6.23 Å². The second-order valence-corrected chi connectivity index (χ2v) is 6.00. The predicted molar refractivity (Wildman–Crippen MR) is 103 cm³/mol. The number of aromatic nitrogens is 2. The molecule has 2 aromatic rings. The van der Waals surface area contributed by atoms with Crippen molar-refractivity contribution >= 4 is 17.1 Å². The maximum atomic E-state index is 8.40. The maximum Gasteiger partial charge on any atom is 0.127 e. The molecule has 0 amide bonds. The van der Waals surface area contributed by atoms with Gasteiger partial charge in [-0.15, -0.1) is 0 Å². The molecule has 134 valence electrons. The number of pyridine rings is 2. The molecule has 2 aromatic heterocycles. The minimum absolute atomic E-state index is 0.0310. The summed E-state index contributed by atoms with van der Waals surface area (Å²) >= 11 is 0. The molecule has 0 radical (unpaired) electrons. The number of ether oxygens (including phenoxy) is 1. The molecular weight excluding hydrogens is 328 g/mol. The highest BCUT2D eigenvalue weighted by atomic mass is 16.5. The first-order valence-corrected chi connectivity index (χ1v) is 8.53. The number of nitrogens with one attached hydrogen (secondary N) is 3. The molecule has 1 aliphatic heterocycles. The van der Waals surface area contributed by atoms with Gasteiger partial charge in [0.05, 0.1) is 29.0 Å². The number of nitrogens with zero attached hydrogens (tertiary/aromatic N) is 2. The van der Waals surface area contributed by atoms with Crippen LogP contribution in [0, 0.1) is 10.8 Å². The van der Waals surface area contributed by atoms with Crippen molar-refractivity contribution < 1.29 is 4.74 Å². The summed E-state index contributed by atoms with van der Waals surface area (Å²) in [6, 6.07) is 5.54. The summed E-state index contributed by atoms with van der Waals surface area (Å²) < 4.78 is 5.73. The molecule has 1 saturated heterocycles. The Bertz CT molecular complexity index is 812. The van der Waals surface area contributed by atoms with Crippen molar-refractivity contribution in [2.45, 2.75) is 25.5 Å². The summed E-state index contributed by atoms with van der Waals surface area (Å²) in [4.78, 5) is 8.61. The largest absolute Gasteiger partial charge is 0.405 e. The Labute approximate surface area is 152 Å². The van der Waals surface area contributed by atoms with Crippen LogP contribution in [0.2, 0.25) is 0 Å². The van der Waals surface area contributed by atoms with Gasteiger partial charge in [0, 0.05) is 30.1 Å². The van der Waals surface area contributed by atoms with Crippen LogP contribution in [-0.2, 0) is 4.74 Å². The number of nitrogens with two attached hydrogens (primary N) is 1. The Kier molecular flexibility index (Phi) is 5.70. The second kappa shape index (κ2) is 8.35. The van der Waals surface area contributed by atoms with Crippen LogP contribution in [0.4, 0.5) is 5.69 Å². The van der Waals surface area contributed by atoms with E-state index in [2.05, 4.69) is 15.3 Å². The summed E-state index contributed by atoms with van der Waals surface area (Å²) in [6.07, 6.45) is 10.7. The summed E-state index contributed by atoms with van der Waals surface area (Å²) in [7, 11) is 0. The van der Waals surface area contributed by atoms with Crippen LogP contribution in [0.1, 0.15) is 24.8 Å². The Hall–Kier alpha value is -3.06. The average molecular weight is 350 g/mol. The Morgan fingerprint density at radius 1 is 1.31 bits per heavy atom. The Morgan fingerprint density at radius 3 is 2.88 bits per heavy atom. The maximum absolute atomic E-state index is 8.40. The number of hydrogen-bond acceptors (Lipinski definition) is 7. The quantitative estimate of drug-likeness (QED) is 0.597. The van der Waals surface area contributed by atoms with Gasteiger partial charge < -0.3 is 15.8 Å². The molecule has 3 rings (SSSR count). The van der Waals surface area contributed by atoms with Crippen LogP contribution in [-0.4, -0.2) is 34.2 Å². The van der Waals surface area contributed by atoms with E-state index in [1.54, 1.807) is 24.7 Å². The van der Waals surface area contributed by atoms with Crippen LogP contribution >= 0.6 is 0 Å². The van der Waals surface area contributed by atoms with E-state index in [1.807, 2.05) is 12.1 Å². The molecule has 0 spiro atoms. The standard InChI is InChI=1S/C19H22N6O/c20-7-6-15(21)19(22)14-10-16(13-4-3-8-23-11-13)24-12-17(14)25-18-5-1-2-9-26-18/h3-4,6-8,10-12,18,21-22,25H,1-2,5,9,20H2/b7-6-,21-15?,22-19?. The molecule has 3 heterocycles. The number of hydrogen-bond donors (Lipinski definition) is 4. The minimum atomic E-state index is -0.111. The lowest BCUT2D eigenvalue weighted by molar-refractivity contribution is 0.0343. The molecule has 1 aliphatic rings. The van der Waals surface area contributed by atoms with Crippen molar-refractivity contribution in [3.05, 3.63) is 54.6 Å². The third-order valence-electron chi connectivity index (χ3n) is 4.16. The Balaban J connectivity index is 1.96. The fourth-order valence-corrected chi connectivity index (χ4v) is 2.80. The van der Waals surface area contributed by atoms with Gasteiger partial charge >= 0.3 is 0 Å². The van der Waals surface area contributed by atoms with Gasteiger partial charge in [-0.05, 0) is 49.7 Å². The van der Waals surface area contributed by atoms with Gasteiger partial charge in [0.2, 0.25) is 0 Å². The first kappa shape index (κ1) is 17.8. The number of rotatable bonds is 6. The van der Waals surface area contributed by atoms with Crippen LogP contribution in [0.3, 0.4) is 0 Å². The molecule has 5 N–H and O–H groups in total. The summed E-state index contributed by atoms with van der Waals surface area (Å²) in [5.74, 6) is 0. The van der Waals surface area contributed by atoms with Crippen LogP contribution in [0.15, 0.2) is 49.1 Å². The van der Waals surface area contributed by atoms with Crippen molar-refractivity contribution in [1.29, 1.82) is 10.8 Å². The smallest absolute Gasteiger partial charge is 0.127 e. The average Bonchev–Trinajstić information content (AvgIpc) is 2.69. The van der Waals surface area contributed by atoms with Crippen molar-refractivity contribution in [3.8, 4) is 11.3 Å². The Morgan fingerprint density at radius 2 is 2.19 bits per heavy atom. The zero-order valence-electron chi connectivity index (χ0n) is 14.4. The highest BCUT2D eigenvalue weighted by molar-refractivity contribution is 6.50. The first-order valence-electron chi connectivity index (χ1n) is 8.53. The zero-order valence-corrected chi connectivity index (χ0v) is 14.4. The lowest BCUT2D eigenvalue weighted by Crippen LogP contribution is -2.28. The molecule has 1 fully saturated rings. The van der Waals surface area contributed by atoms with Gasteiger partial charge in [0.25, 0.3) is 0 Å².